The minimum atomic E-state index is 0.120. The van der Waals surface area contributed by atoms with Gasteiger partial charge in [0.05, 0.1) is 17.2 Å². The van der Waals surface area contributed by atoms with Crippen LogP contribution >= 0.6 is 11.3 Å². The lowest BCUT2D eigenvalue weighted by atomic mass is 10.2. The number of hydrogen-bond acceptors (Lipinski definition) is 5. The Morgan fingerprint density at radius 2 is 2.19 bits per heavy atom. The second-order valence-electron chi connectivity index (χ2n) is 6.07. The molecule has 21 heavy (non-hydrogen) atoms. The molecule has 2 aliphatic heterocycles. The van der Waals surface area contributed by atoms with E-state index in [1.54, 1.807) is 11.3 Å². The number of amides is 1. The smallest absolute Gasteiger partial charge is 0.239 e. The highest BCUT2D eigenvalue weighted by Crippen LogP contribution is 2.18. The number of aromatic nitrogens is 1. The molecular formula is C15H24N4OS. The topological polar surface area (TPSA) is 39.7 Å². The Hall–Kier alpha value is -0.980. The van der Waals surface area contributed by atoms with E-state index in [0.29, 0.717) is 5.91 Å². The Balaban J connectivity index is 1.54. The second kappa shape index (κ2) is 6.85. The van der Waals surface area contributed by atoms with Crippen LogP contribution in [0.15, 0.2) is 10.9 Å². The van der Waals surface area contributed by atoms with Gasteiger partial charge < -0.3 is 4.90 Å². The van der Waals surface area contributed by atoms with Crippen LogP contribution < -0.4 is 0 Å². The fraction of sp³-hybridized carbons (Fsp3) is 0.733. The molecule has 0 radical (unpaired) electrons. The maximum Gasteiger partial charge on any atom is 0.239 e. The lowest BCUT2D eigenvalue weighted by Crippen LogP contribution is -2.45. The van der Waals surface area contributed by atoms with Crippen molar-refractivity contribution in [1.82, 2.24) is 19.7 Å². The third kappa shape index (κ3) is 3.62. The molecule has 6 heteroatoms. The number of hydrogen-bond donors (Lipinski definition) is 0. The average Bonchev–Trinajstić information content (AvgIpc) is 3.07. The summed E-state index contributed by atoms with van der Waals surface area (Å²) < 4.78 is 0. The van der Waals surface area contributed by atoms with Gasteiger partial charge in [0.1, 0.15) is 0 Å². The Morgan fingerprint density at radius 3 is 2.90 bits per heavy atom. The minimum Gasteiger partial charge on any atom is -0.340 e. The number of carbonyl (C=O) groups is 1. The van der Waals surface area contributed by atoms with Crippen molar-refractivity contribution in [3.05, 3.63) is 16.6 Å². The van der Waals surface area contributed by atoms with Crippen molar-refractivity contribution < 1.29 is 4.79 Å². The molecule has 0 N–H and O–H groups in total. The van der Waals surface area contributed by atoms with Gasteiger partial charge in [-0.1, -0.05) is 0 Å². The highest BCUT2D eigenvalue weighted by Gasteiger charge is 2.31. The zero-order valence-electron chi connectivity index (χ0n) is 12.7. The summed E-state index contributed by atoms with van der Waals surface area (Å²) >= 11 is 1.65. The molecule has 2 aliphatic rings. The number of carbonyl (C=O) groups excluding carboxylic acids is 1. The molecule has 0 aromatic carbocycles. The molecule has 1 aromatic heterocycles. The van der Waals surface area contributed by atoms with Crippen molar-refractivity contribution in [3.63, 3.8) is 0 Å². The molecule has 3 heterocycles. The maximum absolute atomic E-state index is 12.6. The Kier molecular flexibility index (Phi) is 4.87. The molecular weight excluding hydrogens is 284 g/mol. The van der Waals surface area contributed by atoms with Crippen LogP contribution in [-0.4, -0.2) is 71.4 Å². The van der Waals surface area contributed by atoms with E-state index >= 15 is 0 Å². The molecule has 116 valence electrons. The Labute approximate surface area is 130 Å². The summed E-state index contributed by atoms with van der Waals surface area (Å²) in [6.07, 6.45) is 3.23. The van der Waals surface area contributed by atoms with Crippen LogP contribution in [0, 0.1) is 0 Å². The molecule has 2 fully saturated rings. The van der Waals surface area contributed by atoms with Crippen LogP contribution in [0.25, 0.3) is 0 Å². The normalized spacial score (nSPS) is 25.2. The van der Waals surface area contributed by atoms with E-state index in [1.807, 2.05) is 5.51 Å². The van der Waals surface area contributed by atoms with Crippen LogP contribution in [0.5, 0.6) is 0 Å². The number of nitrogens with zero attached hydrogens (tertiary/aromatic N) is 4. The molecule has 1 unspecified atom stereocenters. The van der Waals surface area contributed by atoms with Crippen molar-refractivity contribution >= 4 is 17.2 Å². The number of rotatable bonds is 3. The van der Waals surface area contributed by atoms with Crippen LogP contribution in [0.4, 0.5) is 0 Å². The summed E-state index contributed by atoms with van der Waals surface area (Å²) in [5, 5.41) is 2.11. The summed E-state index contributed by atoms with van der Waals surface area (Å²) in [5.74, 6) is 0.338. The SMILES string of the molecule is CN1CCCC1C(=O)N1CCCN(Cc2cscn2)CC1. The lowest BCUT2D eigenvalue weighted by Gasteiger charge is -2.27. The van der Waals surface area contributed by atoms with Gasteiger partial charge in [-0.05, 0) is 32.9 Å². The number of thiazole rings is 1. The van der Waals surface area contributed by atoms with Gasteiger partial charge >= 0.3 is 0 Å². The summed E-state index contributed by atoms with van der Waals surface area (Å²) in [6.45, 7) is 5.74. The first-order valence-electron chi connectivity index (χ1n) is 7.82. The maximum atomic E-state index is 12.6. The van der Waals surface area contributed by atoms with Gasteiger partial charge in [0, 0.05) is 38.1 Å². The molecule has 1 aromatic rings. The molecule has 1 amide bonds. The van der Waals surface area contributed by atoms with E-state index in [9.17, 15) is 4.79 Å². The van der Waals surface area contributed by atoms with E-state index in [2.05, 4.69) is 32.1 Å². The van der Waals surface area contributed by atoms with E-state index in [1.165, 1.54) is 0 Å². The van der Waals surface area contributed by atoms with Gasteiger partial charge in [-0.15, -0.1) is 11.3 Å². The third-order valence-corrected chi connectivity index (χ3v) is 5.21. The van der Waals surface area contributed by atoms with E-state index < -0.39 is 0 Å². The third-order valence-electron chi connectivity index (χ3n) is 4.57. The number of likely N-dealkylation sites (N-methyl/N-ethyl adjacent to an activating group) is 1. The summed E-state index contributed by atoms with van der Waals surface area (Å²) in [5.41, 5.74) is 3.04. The molecule has 3 rings (SSSR count). The van der Waals surface area contributed by atoms with Crippen molar-refractivity contribution in [2.24, 2.45) is 0 Å². The van der Waals surface area contributed by atoms with Crippen LogP contribution in [0.2, 0.25) is 0 Å². The van der Waals surface area contributed by atoms with E-state index in [0.717, 1.165) is 64.2 Å². The highest BCUT2D eigenvalue weighted by molar-refractivity contribution is 7.07. The fourth-order valence-corrected chi connectivity index (χ4v) is 3.88. The first-order valence-corrected chi connectivity index (χ1v) is 8.77. The summed E-state index contributed by atoms with van der Waals surface area (Å²) in [4.78, 5) is 23.7. The molecule has 0 spiro atoms. The molecule has 0 aliphatic carbocycles. The van der Waals surface area contributed by atoms with Crippen molar-refractivity contribution in [2.45, 2.75) is 31.8 Å². The van der Waals surface area contributed by atoms with Crippen LogP contribution in [0.1, 0.15) is 25.0 Å². The van der Waals surface area contributed by atoms with Crippen molar-refractivity contribution in [1.29, 1.82) is 0 Å². The van der Waals surface area contributed by atoms with Crippen molar-refractivity contribution in [3.8, 4) is 0 Å². The van der Waals surface area contributed by atoms with Crippen molar-refractivity contribution in [2.75, 3.05) is 39.8 Å². The monoisotopic (exact) mass is 308 g/mol. The van der Waals surface area contributed by atoms with Gasteiger partial charge in [-0.3, -0.25) is 14.6 Å². The van der Waals surface area contributed by atoms with E-state index in [-0.39, 0.29) is 6.04 Å². The van der Waals surface area contributed by atoms with Gasteiger partial charge in [0.25, 0.3) is 0 Å². The Bertz CT molecular complexity index is 464. The zero-order valence-corrected chi connectivity index (χ0v) is 13.5. The quantitative estimate of drug-likeness (QED) is 0.843. The summed E-state index contributed by atoms with van der Waals surface area (Å²) in [7, 11) is 2.07. The molecule has 5 nitrogen and oxygen atoms in total. The second-order valence-corrected chi connectivity index (χ2v) is 6.79. The van der Waals surface area contributed by atoms with Gasteiger partial charge in [-0.25, -0.2) is 4.98 Å². The van der Waals surface area contributed by atoms with Gasteiger partial charge in [-0.2, -0.15) is 0 Å². The standard InChI is InChI=1S/C15H24N4OS/c1-17-5-2-4-14(17)15(20)19-7-3-6-18(8-9-19)10-13-11-21-12-16-13/h11-12,14H,2-10H2,1H3. The molecule has 1 atom stereocenters. The molecule has 2 saturated heterocycles. The first kappa shape index (κ1) is 14.9. The van der Waals surface area contributed by atoms with Crippen LogP contribution in [-0.2, 0) is 11.3 Å². The summed E-state index contributed by atoms with van der Waals surface area (Å²) in [6, 6.07) is 0.120. The predicted molar refractivity (Wildman–Crippen MR) is 84.2 cm³/mol. The highest BCUT2D eigenvalue weighted by atomic mass is 32.1. The minimum absolute atomic E-state index is 0.120. The fourth-order valence-electron chi connectivity index (χ4n) is 3.33. The van der Waals surface area contributed by atoms with Crippen LogP contribution in [0.3, 0.4) is 0 Å². The van der Waals surface area contributed by atoms with Gasteiger partial charge in [0.15, 0.2) is 0 Å². The Morgan fingerprint density at radius 1 is 1.29 bits per heavy atom. The largest absolute Gasteiger partial charge is 0.340 e. The molecule has 0 bridgehead atoms. The average molecular weight is 308 g/mol. The van der Waals surface area contributed by atoms with E-state index in [4.69, 9.17) is 0 Å². The number of likely N-dealkylation sites (tertiary alicyclic amines) is 1. The van der Waals surface area contributed by atoms with Gasteiger partial charge in [0.2, 0.25) is 5.91 Å². The zero-order chi connectivity index (χ0) is 14.7. The predicted octanol–water partition coefficient (Wildman–Crippen LogP) is 1.27. The molecule has 0 saturated carbocycles. The lowest BCUT2D eigenvalue weighted by molar-refractivity contribution is -0.135. The first-order chi connectivity index (χ1) is 10.2.